The van der Waals surface area contributed by atoms with Crippen molar-refractivity contribution in [1.82, 2.24) is 29.4 Å². The van der Waals surface area contributed by atoms with E-state index in [1.54, 1.807) is 17.2 Å². The number of amides is 2. The molecule has 3 N–H and O–H groups in total. The number of pyridine rings is 1. The molecule has 2 amide bonds. The maximum Gasteiger partial charge on any atom is 0.301 e. The Hall–Kier alpha value is -6.24. The van der Waals surface area contributed by atoms with Gasteiger partial charge in [0, 0.05) is 122 Å². The molecule has 0 unspecified atom stereocenters. The highest BCUT2D eigenvalue weighted by Crippen LogP contribution is 2.43. The number of aromatic amines is 1. The van der Waals surface area contributed by atoms with Crippen LogP contribution in [0.3, 0.4) is 0 Å². The molecule has 2 atom stereocenters. The Morgan fingerprint density at radius 1 is 0.896 bits per heavy atom. The maximum absolute atomic E-state index is 15.8. The zero-order valence-electron chi connectivity index (χ0n) is 36.7. The van der Waals surface area contributed by atoms with E-state index < -0.39 is 51.1 Å². The van der Waals surface area contributed by atoms with Gasteiger partial charge in [0.2, 0.25) is 11.7 Å². The van der Waals surface area contributed by atoms with Crippen LogP contribution in [0.1, 0.15) is 63.9 Å². The molecule has 5 fully saturated rings. The SMILES string of the molecule is C=C1CC[C@H](N2Cc3cc(N4CCC(CN5CC6(C5)CN(c5ccc(-c7cnc8[nH]cc(C(=O)c9c(F)ccc(NS(=O)(=O)N%10CC[C@@H](F)C%10)c9F)c8c7)cc5)C6)CC4)ccc3C2=O)C(=O)N1. The van der Waals surface area contributed by atoms with Crippen molar-refractivity contribution < 1.29 is 36.0 Å². The number of ketones is 1. The second-order valence-corrected chi connectivity index (χ2v) is 20.9. The van der Waals surface area contributed by atoms with E-state index in [1.165, 1.54) is 6.20 Å². The fourth-order valence-electron chi connectivity index (χ4n) is 11.1. The Kier molecular flexibility index (Phi) is 10.7. The van der Waals surface area contributed by atoms with Crippen LogP contribution in [0.2, 0.25) is 0 Å². The number of H-pyrrole nitrogens is 1. The van der Waals surface area contributed by atoms with Crippen LogP contribution < -0.4 is 19.8 Å². The number of fused-ring (bicyclic) bond motifs is 2. The number of nitrogens with one attached hydrogen (secondary N) is 3. The van der Waals surface area contributed by atoms with Crippen LogP contribution in [0, 0.1) is 23.0 Å². The lowest BCUT2D eigenvalue weighted by atomic mass is 9.72. The fraction of sp³-hybridized carbons (Fsp3) is 0.388. The van der Waals surface area contributed by atoms with E-state index in [-0.39, 0.29) is 36.9 Å². The van der Waals surface area contributed by atoms with Crippen molar-refractivity contribution in [2.24, 2.45) is 11.3 Å². The zero-order valence-corrected chi connectivity index (χ0v) is 37.6. The second kappa shape index (κ2) is 16.5. The highest BCUT2D eigenvalue weighted by Gasteiger charge is 2.52. The number of benzene rings is 3. The van der Waals surface area contributed by atoms with E-state index >= 15 is 8.78 Å². The molecule has 0 aliphatic carbocycles. The van der Waals surface area contributed by atoms with E-state index in [2.05, 4.69) is 60.8 Å². The highest BCUT2D eigenvalue weighted by atomic mass is 32.2. The number of piperidine rings is 2. The lowest BCUT2D eigenvalue weighted by molar-refractivity contribution is -0.126. The molecule has 0 saturated carbocycles. The summed E-state index contributed by atoms with van der Waals surface area (Å²) in [6, 6.07) is 17.2. The Bertz CT molecular complexity index is 2960. The molecule has 6 aliphatic rings. The number of likely N-dealkylation sites (tertiary alicyclic amines) is 1. The van der Waals surface area contributed by atoms with Gasteiger partial charge in [-0.25, -0.2) is 18.2 Å². The predicted molar refractivity (Wildman–Crippen MR) is 248 cm³/mol. The van der Waals surface area contributed by atoms with Gasteiger partial charge in [-0.3, -0.25) is 19.1 Å². The third kappa shape index (κ3) is 7.91. The quantitative estimate of drug-likeness (QED) is 0.131. The van der Waals surface area contributed by atoms with Crippen LogP contribution in [0.25, 0.3) is 22.2 Å². The summed E-state index contributed by atoms with van der Waals surface area (Å²) >= 11 is 0. The number of halogens is 3. The van der Waals surface area contributed by atoms with Crippen molar-refractivity contribution >= 4 is 55.9 Å². The topological polar surface area (TPSA) is 154 Å². The van der Waals surface area contributed by atoms with E-state index in [0.717, 1.165) is 97.6 Å². The molecule has 8 heterocycles. The molecule has 5 aromatic rings. The molecule has 18 heteroatoms. The molecule has 2 aromatic heterocycles. The molecule has 0 radical (unpaired) electrons. The average molecular weight is 934 g/mol. The molecule has 3 aromatic carbocycles. The first-order valence-electron chi connectivity index (χ1n) is 22.9. The van der Waals surface area contributed by atoms with Gasteiger partial charge in [-0.2, -0.15) is 12.7 Å². The number of allylic oxidation sites excluding steroid dienone is 1. The van der Waals surface area contributed by atoms with Gasteiger partial charge in [0.05, 0.1) is 11.3 Å². The van der Waals surface area contributed by atoms with Crippen LogP contribution in [0.15, 0.2) is 85.3 Å². The Labute approximate surface area is 386 Å². The van der Waals surface area contributed by atoms with Crippen molar-refractivity contribution in [2.45, 2.75) is 50.9 Å². The Morgan fingerprint density at radius 3 is 2.39 bits per heavy atom. The standard InChI is InChI=1S/C49H50F3N9O5S/c1-29-2-11-42(47(63)55-29)61-23-33-18-36(7-8-37(33)48(61)64)58-15-12-30(13-16-58)22-57-25-49(26-57)27-59(28-49)35-5-3-31(4-6-35)32-19-38-39(21-54-46(38)53-20-32)45(62)43-40(51)9-10-41(44(43)52)56-67(65,66)60-17-14-34(50)24-60/h3-10,18-21,30,34,42,56H,1-2,11-17,22-28H2,(H,53,54)(H,55,63)/t34-,42+/m1/s1. The van der Waals surface area contributed by atoms with Gasteiger partial charge in [0.15, 0.2) is 5.82 Å². The van der Waals surface area contributed by atoms with Crippen LogP contribution in [0.5, 0.6) is 0 Å². The number of nitrogens with zero attached hydrogens (tertiary/aromatic N) is 6. The van der Waals surface area contributed by atoms with E-state index in [9.17, 15) is 27.2 Å². The van der Waals surface area contributed by atoms with Gasteiger partial charge in [-0.15, -0.1) is 0 Å². The molecule has 6 aliphatic heterocycles. The zero-order chi connectivity index (χ0) is 46.4. The third-order valence-electron chi connectivity index (χ3n) is 14.6. The fourth-order valence-corrected chi connectivity index (χ4v) is 12.3. The van der Waals surface area contributed by atoms with Gasteiger partial charge in [0.25, 0.3) is 5.91 Å². The molecule has 14 nitrogen and oxygen atoms in total. The number of aromatic nitrogens is 2. The molecular weight excluding hydrogens is 884 g/mol. The summed E-state index contributed by atoms with van der Waals surface area (Å²) in [6.45, 7) is 11.0. The highest BCUT2D eigenvalue weighted by molar-refractivity contribution is 7.90. The number of hydrogen-bond donors (Lipinski definition) is 3. The van der Waals surface area contributed by atoms with Gasteiger partial charge in [-0.05, 0) is 97.7 Å². The van der Waals surface area contributed by atoms with Crippen molar-refractivity contribution in [3.05, 3.63) is 119 Å². The third-order valence-corrected chi connectivity index (χ3v) is 16.1. The molecule has 348 valence electrons. The maximum atomic E-state index is 15.8. The van der Waals surface area contributed by atoms with E-state index in [0.29, 0.717) is 58.6 Å². The lowest BCUT2D eigenvalue weighted by Gasteiger charge is -2.61. The molecule has 11 rings (SSSR count). The van der Waals surface area contributed by atoms with Gasteiger partial charge in [-0.1, -0.05) is 18.7 Å². The number of alkyl halides is 1. The monoisotopic (exact) mass is 933 g/mol. The minimum Gasteiger partial charge on any atom is -0.372 e. The molecule has 1 spiro atoms. The normalized spacial score (nSPS) is 22.3. The first kappa shape index (κ1) is 43.3. The Morgan fingerprint density at radius 2 is 1.66 bits per heavy atom. The minimum atomic E-state index is -4.35. The van der Waals surface area contributed by atoms with Crippen molar-refractivity contribution in [2.75, 3.05) is 73.4 Å². The van der Waals surface area contributed by atoms with Crippen LogP contribution >= 0.6 is 0 Å². The summed E-state index contributed by atoms with van der Waals surface area (Å²) in [5, 5.41) is 3.15. The molecule has 67 heavy (non-hydrogen) atoms. The number of carbonyl (C=O) groups is 3. The first-order valence-corrected chi connectivity index (χ1v) is 24.3. The Balaban J connectivity index is 0.671. The predicted octanol–water partition coefficient (Wildman–Crippen LogP) is 6.23. The average Bonchev–Trinajstić information content (AvgIpc) is 4.02. The molecule has 0 bridgehead atoms. The van der Waals surface area contributed by atoms with Crippen LogP contribution in [-0.4, -0.2) is 121 Å². The summed E-state index contributed by atoms with van der Waals surface area (Å²) in [6.07, 6.45) is 5.15. The van der Waals surface area contributed by atoms with Gasteiger partial charge >= 0.3 is 10.2 Å². The molecular formula is C49H50F3N9O5S. The largest absolute Gasteiger partial charge is 0.372 e. The van der Waals surface area contributed by atoms with E-state index in [1.807, 2.05) is 22.9 Å². The second-order valence-electron chi connectivity index (χ2n) is 19.2. The van der Waals surface area contributed by atoms with Crippen molar-refractivity contribution in [3.8, 4) is 11.1 Å². The minimum absolute atomic E-state index is 0.00819. The number of hydrogen-bond acceptors (Lipinski definition) is 9. The van der Waals surface area contributed by atoms with Crippen molar-refractivity contribution in [1.29, 1.82) is 0 Å². The summed E-state index contributed by atoms with van der Waals surface area (Å²) in [7, 11) is -4.35. The molecule has 5 saturated heterocycles. The lowest BCUT2D eigenvalue weighted by Crippen LogP contribution is -2.72. The van der Waals surface area contributed by atoms with Gasteiger partial charge in [0.1, 0.15) is 23.7 Å². The first-order chi connectivity index (χ1) is 32.2. The number of anilines is 3. The summed E-state index contributed by atoms with van der Waals surface area (Å²) in [5.74, 6) is -3.12. The summed E-state index contributed by atoms with van der Waals surface area (Å²) < 4.78 is 73.1. The summed E-state index contributed by atoms with van der Waals surface area (Å²) in [4.78, 5) is 56.1. The van der Waals surface area contributed by atoms with Crippen molar-refractivity contribution in [3.63, 3.8) is 0 Å². The summed E-state index contributed by atoms with van der Waals surface area (Å²) in [5.41, 5.74) is 5.22. The smallest absolute Gasteiger partial charge is 0.301 e. The van der Waals surface area contributed by atoms with Crippen LogP contribution in [-0.2, 0) is 21.5 Å². The number of rotatable bonds is 11. The van der Waals surface area contributed by atoms with Crippen LogP contribution in [0.4, 0.5) is 30.2 Å². The van der Waals surface area contributed by atoms with E-state index in [4.69, 9.17) is 0 Å². The number of carbonyl (C=O) groups excluding carboxylic acids is 3. The van der Waals surface area contributed by atoms with Gasteiger partial charge < -0.3 is 29.9 Å².